The number of allylic oxidation sites excluding steroid dienone is 1. The molecule has 2 aromatic rings. The van der Waals surface area contributed by atoms with Crippen LogP contribution in [0.1, 0.15) is 30.4 Å². The number of primary amides is 1. The standard InChI is InChI=1S/C32H43ClN6O5/c1-42-13-5-12-39(16-20(40)17-43-2)19-6-4-7-21-18(14-19)8-11-25(27(21)44-3)36-31-35-15-24(33)29(38-31)37-28-22-9-10-23-26(22)32(23,28)30(34)41/h8-11,15,19-20,22-23,26,28,40H,4-7,12-14,16-17H2,1-3H3,(H2,34,41)(H2,35,36,37,38). The number of nitrogens with zero attached hydrogens (tertiary/aromatic N) is 3. The molecule has 0 aliphatic heterocycles. The van der Waals surface area contributed by atoms with Gasteiger partial charge in [0.25, 0.3) is 0 Å². The van der Waals surface area contributed by atoms with Crippen molar-refractivity contribution in [3.05, 3.63) is 46.6 Å². The van der Waals surface area contributed by atoms with E-state index in [0.717, 1.165) is 50.1 Å². The predicted octanol–water partition coefficient (Wildman–Crippen LogP) is 3.17. The maximum absolute atomic E-state index is 12.4. The first-order valence-corrected chi connectivity index (χ1v) is 15.8. The highest BCUT2D eigenvalue weighted by Crippen LogP contribution is 2.79. The Labute approximate surface area is 263 Å². The number of aromatic nitrogens is 2. The number of aliphatic hydroxyl groups excluding tert-OH is 1. The summed E-state index contributed by atoms with van der Waals surface area (Å²) in [7, 11) is 5.01. The second-order valence-electron chi connectivity index (χ2n) is 12.4. The second kappa shape index (κ2) is 12.8. The first-order valence-electron chi connectivity index (χ1n) is 15.5. The Hall–Kier alpha value is -2.96. The van der Waals surface area contributed by atoms with Crippen LogP contribution in [0.15, 0.2) is 30.5 Å². The van der Waals surface area contributed by atoms with Crippen LogP contribution < -0.4 is 21.1 Å². The molecule has 5 N–H and O–H groups in total. The van der Waals surface area contributed by atoms with Gasteiger partial charge in [-0.1, -0.05) is 29.8 Å². The molecule has 12 heteroatoms. The molecule has 0 saturated heterocycles. The summed E-state index contributed by atoms with van der Waals surface area (Å²) in [5, 5.41) is 17.7. The van der Waals surface area contributed by atoms with E-state index in [1.165, 1.54) is 11.1 Å². The zero-order valence-electron chi connectivity index (χ0n) is 25.6. The molecule has 4 aliphatic carbocycles. The number of amides is 1. The van der Waals surface area contributed by atoms with Gasteiger partial charge in [-0.05, 0) is 61.1 Å². The fourth-order valence-corrected chi connectivity index (χ4v) is 8.24. The number of aliphatic hydroxyl groups is 1. The minimum absolute atomic E-state index is 0.125. The highest BCUT2D eigenvalue weighted by Gasteiger charge is 2.85. The Bertz CT molecular complexity index is 1410. The molecule has 0 radical (unpaired) electrons. The number of carbonyl (C=O) groups is 1. The third-order valence-corrected chi connectivity index (χ3v) is 10.3. The lowest BCUT2D eigenvalue weighted by atomic mass is 9.68. The zero-order chi connectivity index (χ0) is 31.0. The normalized spacial score (nSPS) is 28.5. The van der Waals surface area contributed by atoms with E-state index in [4.69, 9.17) is 31.5 Å². The molecular weight excluding hydrogens is 584 g/mol. The van der Waals surface area contributed by atoms with Crippen molar-refractivity contribution >= 4 is 35.0 Å². The van der Waals surface area contributed by atoms with Gasteiger partial charge in [-0.2, -0.15) is 4.98 Å². The Morgan fingerprint density at radius 3 is 2.84 bits per heavy atom. The highest BCUT2D eigenvalue weighted by atomic mass is 35.5. The molecule has 7 atom stereocenters. The smallest absolute Gasteiger partial charge is 0.229 e. The van der Waals surface area contributed by atoms with Gasteiger partial charge < -0.3 is 35.7 Å². The third-order valence-electron chi connectivity index (χ3n) is 10.0. The fraction of sp³-hybridized carbons (Fsp3) is 0.594. The number of fused-ring (bicyclic) bond motifs is 2. The van der Waals surface area contributed by atoms with Crippen molar-refractivity contribution in [1.29, 1.82) is 0 Å². The van der Waals surface area contributed by atoms with Crippen LogP contribution in [-0.4, -0.2) is 91.7 Å². The summed E-state index contributed by atoms with van der Waals surface area (Å²) in [6, 6.07) is 4.31. The summed E-state index contributed by atoms with van der Waals surface area (Å²) < 4.78 is 16.5. The van der Waals surface area contributed by atoms with E-state index in [0.29, 0.717) is 42.5 Å². The van der Waals surface area contributed by atoms with Gasteiger partial charge in [0.1, 0.15) is 10.8 Å². The predicted molar refractivity (Wildman–Crippen MR) is 168 cm³/mol. The molecule has 2 saturated carbocycles. The lowest BCUT2D eigenvalue weighted by molar-refractivity contribution is -0.127. The number of methoxy groups -OCH3 is 3. The minimum atomic E-state index is -0.548. The number of rotatable bonds is 15. The summed E-state index contributed by atoms with van der Waals surface area (Å²) in [6.45, 7) is 2.38. The first kappa shape index (κ1) is 31.0. The highest BCUT2D eigenvalue weighted by molar-refractivity contribution is 6.32. The molecule has 0 spiro atoms. The number of nitrogens with two attached hydrogens (primary N) is 1. The van der Waals surface area contributed by atoms with E-state index in [9.17, 15) is 9.90 Å². The van der Waals surface area contributed by atoms with E-state index < -0.39 is 11.5 Å². The number of ether oxygens (including phenoxy) is 3. The minimum Gasteiger partial charge on any atom is -0.494 e. The fourth-order valence-electron chi connectivity index (χ4n) is 8.09. The number of halogens is 1. The largest absolute Gasteiger partial charge is 0.494 e. The molecule has 4 aliphatic rings. The average molecular weight is 627 g/mol. The molecule has 11 nitrogen and oxygen atoms in total. The molecule has 2 fully saturated rings. The van der Waals surface area contributed by atoms with Gasteiger partial charge in [-0.25, -0.2) is 4.98 Å². The Kier molecular flexibility index (Phi) is 9.03. The molecule has 1 heterocycles. The van der Waals surface area contributed by atoms with Crippen LogP contribution >= 0.6 is 11.6 Å². The van der Waals surface area contributed by atoms with Crippen molar-refractivity contribution < 1.29 is 24.1 Å². The molecule has 1 amide bonds. The molecule has 0 bridgehead atoms. The van der Waals surface area contributed by atoms with Crippen molar-refractivity contribution in [2.75, 3.05) is 58.3 Å². The van der Waals surface area contributed by atoms with Gasteiger partial charge in [-0.15, -0.1) is 0 Å². The van der Waals surface area contributed by atoms with Gasteiger partial charge in [0.05, 0.1) is 37.1 Å². The van der Waals surface area contributed by atoms with Crippen molar-refractivity contribution in [3.8, 4) is 5.75 Å². The maximum atomic E-state index is 12.4. The van der Waals surface area contributed by atoms with Crippen LogP contribution in [0.5, 0.6) is 5.75 Å². The summed E-state index contributed by atoms with van der Waals surface area (Å²) in [5.41, 5.74) is 8.46. The lowest BCUT2D eigenvalue weighted by Gasteiger charge is -2.42. The summed E-state index contributed by atoms with van der Waals surface area (Å²) in [4.78, 5) is 23.9. The number of hydrogen-bond donors (Lipinski definition) is 4. The van der Waals surface area contributed by atoms with Gasteiger partial charge in [-0.3, -0.25) is 9.69 Å². The monoisotopic (exact) mass is 626 g/mol. The van der Waals surface area contributed by atoms with Crippen molar-refractivity contribution in [3.63, 3.8) is 0 Å². The molecule has 238 valence electrons. The number of anilines is 3. The van der Waals surface area contributed by atoms with Crippen LogP contribution in [0.25, 0.3) is 0 Å². The lowest BCUT2D eigenvalue weighted by Crippen LogP contribution is -2.55. The number of benzene rings is 1. The van der Waals surface area contributed by atoms with Crippen molar-refractivity contribution in [1.82, 2.24) is 14.9 Å². The molecule has 1 aromatic heterocycles. The van der Waals surface area contributed by atoms with Crippen LogP contribution in [0.4, 0.5) is 17.5 Å². The Morgan fingerprint density at radius 2 is 2.11 bits per heavy atom. The summed E-state index contributed by atoms with van der Waals surface area (Å²) in [5.74, 6) is 2.11. The molecule has 1 aromatic carbocycles. The average Bonchev–Trinajstić information content (AvgIpc) is 3.51. The number of carbonyl (C=O) groups excluding carboxylic acids is 1. The van der Waals surface area contributed by atoms with Crippen LogP contribution in [0.3, 0.4) is 0 Å². The Balaban J connectivity index is 1.19. The molecule has 6 rings (SSSR count). The Morgan fingerprint density at radius 1 is 1.27 bits per heavy atom. The first-order chi connectivity index (χ1) is 21.3. The van der Waals surface area contributed by atoms with Crippen LogP contribution in [0, 0.1) is 23.2 Å². The van der Waals surface area contributed by atoms with E-state index >= 15 is 0 Å². The SMILES string of the molecule is COCCCN(CC(O)COC)C1CCCc2c(ccc(Nc3ncc(Cl)c(NC4C5C=CC6C5C64C(N)=O)n3)c2OC)C1. The van der Waals surface area contributed by atoms with E-state index in [-0.39, 0.29) is 29.8 Å². The van der Waals surface area contributed by atoms with E-state index in [1.54, 1.807) is 27.5 Å². The topological polar surface area (TPSA) is 144 Å². The zero-order valence-corrected chi connectivity index (χ0v) is 26.3. The molecule has 44 heavy (non-hydrogen) atoms. The van der Waals surface area contributed by atoms with Gasteiger partial charge >= 0.3 is 0 Å². The molecule has 7 unspecified atom stereocenters. The van der Waals surface area contributed by atoms with Gasteiger partial charge in [0.2, 0.25) is 11.9 Å². The van der Waals surface area contributed by atoms with Crippen LogP contribution in [-0.2, 0) is 27.1 Å². The number of hydrogen-bond acceptors (Lipinski definition) is 10. The van der Waals surface area contributed by atoms with Gasteiger partial charge in [0, 0.05) is 51.9 Å². The van der Waals surface area contributed by atoms with Gasteiger partial charge in [0.15, 0.2) is 5.82 Å². The van der Waals surface area contributed by atoms with Crippen molar-refractivity contribution in [2.45, 2.75) is 50.3 Å². The second-order valence-corrected chi connectivity index (χ2v) is 12.8. The summed E-state index contributed by atoms with van der Waals surface area (Å²) >= 11 is 6.50. The summed E-state index contributed by atoms with van der Waals surface area (Å²) in [6.07, 6.45) is 9.91. The number of nitrogens with one attached hydrogen (secondary N) is 2. The third kappa shape index (κ3) is 5.43. The maximum Gasteiger partial charge on any atom is 0.229 e. The molecular formula is C32H43ClN6O5. The quantitative estimate of drug-likeness (QED) is 0.132. The van der Waals surface area contributed by atoms with Crippen LogP contribution in [0.2, 0.25) is 5.02 Å². The van der Waals surface area contributed by atoms with E-state index in [2.05, 4.69) is 43.7 Å². The van der Waals surface area contributed by atoms with Crippen molar-refractivity contribution in [2.24, 2.45) is 28.9 Å². The van der Waals surface area contributed by atoms with E-state index in [1.807, 2.05) is 6.07 Å².